The summed E-state index contributed by atoms with van der Waals surface area (Å²) in [6.07, 6.45) is 1.78. The predicted octanol–water partition coefficient (Wildman–Crippen LogP) is 1.38. The first-order valence-corrected chi connectivity index (χ1v) is 5.89. The Morgan fingerprint density at radius 2 is 2.29 bits per heavy atom. The van der Waals surface area contributed by atoms with Gasteiger partial charge in [0.15, 0.2) is 0 Å². The number of pyridine rings is 1. The molecular weight excluding hydrogens is 216 g/mol. The minimum Gasteiger partial charge on any atom is -0.385 e. The highest BCUT2D eigenvalue weighted by atomic mass is 16.2. The molecule has 1 fully saturated rings. The van der Waals surface area contributed by atoms with Crippen molar-refractivity contribution in [3.05, 3.63) is 24.0 Å². The van der Waals surface area contributed by atoms with Gasteiger partial charge in [-0.15, -0.1) is 0 Å². The van der Waals surface area contributed by atoms with Crippen LogP contribution in [-0.2, 0) is 6.54 Å². The van der Waals surface area contributed by atoms with Crippen molar-refractivity contribution in [3.8, 4) is 0 Å². The summed E-state index contributed by atoms with van der Waals surface area (Å²) < 4.78 is 0. The van der Waals surface area contributed by atoms with Crippen LogP contribution in [0.25, 0.3) is 0 Å². The van der Waals surface area contributed by atoms with Gasteiger partial charge in [0, 0.05) is 38.6 Å². The van der Waals surface area contributed by atoms with Crippen LogP contribution >= 0.6 is 0 Å². The second-order valence-corrected chi connectivity index (χ2v) is 4.19. The summed E-state index contributed by atoms with van der Waals surface area (Å²) in [6.45, 7) is 5.10. The molecule has 2 rings (SSSR count). The number of amides is 2. The molecule has 1 saturated heterocycles. The fourth-order valence-corrected chi connectivity index (χ4v) is 1.92. The van der Waals surface area contributed by atoms with Gasteiger partial charge < -0.3 is 15.1 Å². The van der Waals surface area contributed by atoms with E-state index in [1.807, 2.05) is 24.1 Å². The Morgan fingerprint density at radius 1 is 1.47 bits per heavy atom. The highest BCUT2D eigenvalue weighted by Gasteiger charge is 2.25. The standard InChI is InChI=1S/C12H18N4O/c1-3-13-10-4-5-14-11(8-10)9-16-7-6-15(2)12(16)17/h4-5,8H,3,6-7,9H2,1-2H3,(H,13,14). The number of carbonyl (C=O) groups excluding carboxylic acids is 1. The van der Waals surface area contributed by atoms with E-state index in [2.05, 4.69) is 17.2 Å². The number of urea groups is 1. The summed E-state index contributed by atoms with van der Waals surface area (Å²) in [6, 6.07) is 4.01. The third kappa shape index (κ3) is 2.67. The largest absolute Gasteiger partial charge is 0.385 e. The van der Waals surface area contributed by atoms with Crippen LogP contribution in [0, 0.1) is 0 Å². The summed E-state index contributed by atoms with van der Waals surface area (Å²) in [5.74, 6) is 0. The van der Waals surface area contributed by atoms with Crippen LogP contribution in [0.3, 0.4) is 0 Å². The van der Waals surface area contributed by atoms with E-state index < -0.39 is 0 Å². The average Bonchev–Trinajstić information content (AvgIpc) is 2.62. The van der Waals surface area contributed by atoms with E-state index in [0.29, 0.717) is 6.54 Å². The molecule has 1 aliphatic rings. The number of nitrogens with zero attached hydrogens (tertiary/aromatic N) is 3. The minimum atomic E-state index is 0.0839. The number of hydrogen-bond acceptors (Lipinski definition) is 3. The van der Waals surface area contributed by atoms with Gasteiger partial charge in [-0.25, -0.2) is 4.79 Å². The Labute approximate surface area is 101 Å². The van der Waals surface area contributed by atoms with E-state index in [0.717, 1.165) is 31.0 Å². The molecule has 0 saturated carbocycles. The number of hydrogen-bond donors (Lipinski definition) is 1. The molecule has 0 atom stereocenters. The first-order chi connectivity index (χ1) is 8.20. The van der Waals surface area contributed by atoms with Crippen molar-refractivity contribution < 1.29 is 4.79 Å². The third-order valence-corrected chi connectivity index (χ3v) is 2.85. The maximum Gasteiger partial charge on any atom is 0.320 e. The number of nitrogens with one attached hydrogen (secondary N) is 1. The molecule has 0 radical (unpaired) electrons. The van der Waals surface area contributed by atoms with Crippen molar-refractivity contribution in [2.45, 2.75) is 13.5 Å². The van der Waals surface area contributed by atoms with Gasteiger partial charge in [0.2, 0.25) is 0 Å². The Hall–Kier alpha value is -1.78. The second-order valence-electron chi connectivity index (χ2n) is 4.19. The van der Waals surface area contributed by atoms with Gasteiger partial charge in [-0.2, -0.15) is 0 Å². The molecule has 0 aliphatic carbocycles. The van der Waals surface area contributed by atoms with Gasteiger partial charge in [0.1, 0.15) is 0 Å². The molecule has 1 N–H and O–H groups in total. The molecule has 1 aromatic heterocycles. The second kappa shape index (κ2) is 5.03. The number of rotatable bonds is 4. The summed E-state index contributed by atoms with van der Waals surface area (Å²) >= 11 is 0. The lowest BCUT2D eigenvalue weighted by Gasteiger charge is -2.15. The highest BCUT2D eigenvalue weighted by Crippen LogP contribution is 2.13. The van der Waals surface area contributed by atoms with Crippen LogP contribution in [0.1, 0.15) is 12.6 Å². The molecule has 92 valence electrons. The minimum absolute atomic E-state index is 0.0839. The molecule has 5 heteroatoms. The molecule has 2 heterocycles. The van der Waals surface area contributed by atoms with Crippen molar-refractivity contribution in [1.29, 1.82) is 0 Å². The SMILES string of the molecule is CCNc1ccnc(CN2CCN(C)C2=O)c1. The maximum absolute atomic E-state index is 11.7. The summed E-state index contributed by atoms with van der Waals surface area (Å²) in [7, 11) is 1.82. The van der Waals surface area contributed by atoms with E-state index in [1.165, 1.54) is 0 Å². The topological polar surface area (TPSA) is 48.5 Å². The fraction of sp³-hybridized carbons (Fsp3) is 0.500. The average molecular weight is 234 g/mol. The van der Waals surface area contributed by atoms with Gasteiger partial charge in [-0.1, -0.05) is 0 Å². The quantitative estimate of drug-likeness (QED) is 0.856. The van der Waals surface area contributed by atoms with Crippen molar-refractivity contribution in [2.24, 2.45) is 0 Å². The van der Waals surface area contributed by atoms with E-state index in [-0.39, 0.29) is 6.03 Å². The van der Waals surface area contributed by atoms with Crippen molar-refractivity contribution in [1.82, 2.24) is 14.8 Å². The zero-order chi connectivity index (χ0) is 12.3. The Bertz CT molecular complexity index is 407. The molecule has 0 aromatic carbocycles. The van der Waals surface area contributed by atoms with Crippen LogP contribution in [0.5, 0.6) is 0 Å². The van der Waals surface area contributed by atoms with Gasteiger partial charge in [-0.05, 0) is 19.1 Å². The number of carbonyl (C=O) groups is 1. The van der Waals surface area contributed by atoms with Crippen LogP contribution in [0.15, 0.2) is 18.3 Å². The Kier molecular flexibility index (Phi) is 3.46. The van der Waals surface area contributed by atoms with E-state index in [9.17, 15) is 4.79 Å². The smallest absolute Gasteiger partial charge is 0.320 e. The van der Waals surface area contributed by atoms with Gasteiger partial charge in [0.25, 0.3) is 0 Å². The van der Waals surface area contributed by atoms with Crippen molar-refractivity contribution >= 4 is 11.7 Å². The molecular formula is C12H18N4O. The van der Waals surface area contributed by atoms with Crippen LogP contribution in [0.2, 0.25) is 0 Å². The zero-order valence-corrected chi connectivity index (χ0v) is 10.3. The fourth-order valence-electron chi connectivity index (χ4n) is 1.92. The van der Waals surface area contributed by atoms with E-state index in [4.69, 9.17) is 0 Å². The summed E-state index contributed by atoms with van der Waals surface area (Å²) in [5, 5.41) is 3.24. The van der Waals surface area contributed by atoms with Crippen molar-refractivity contribution in [2.75, 3.05) is 32.0 Å². The molecule has 17 heavy (non-hydrogen) atoms. The van der Waals surface area contributed by atoms with Crippen molar-refractivity contribution in [3.63, 3.8) is 0 Å². The summed E-state index contributed by atoms with van der Waals surface area (Å²) in [4.78, 5) is 19.6. The third-order valence-electron chi connectivity index (χ3n) is 2.85. The highest BCUT2D eigenvalue weighted by molar-refractivity contribution is 5.76. The number of likely N-dealkylation sites (N-methyl/N-ethyl adjacent to an activating group) is 1. The van der Waals surface area contributed by atoms with Crippen LogP contribution < -0.4 is 5.32 Å². The molecule has 1 aromatic rings. The zero-order valence-electron chi connectivity index (χ0n) is 10.3. The summed E-state index contributed by atoms with van der Waals surface area (Å²) in [5.41, 5.74) is 1.98. The Balaban J connectivity index is 2.03. The lowest BCUT2D eigenvalue weighted by atomic mass is 10.3. The molecule has 5 nitrogen and oxygen atoms in total. The normalized spacial score (nSPS) is 15.5. The van der Waals surface area contributed by atoms with Gasteiger partial charge in [-0.3, -0.25) is 4.98 Å². The van der Waals surface area contributed by atoms with Gasteiger partial charge in [0.05, 0.1) is 12.2 Å². The first kappa shape index (κ1) is 11.7. The maximum atomic E-state index is 11.7. The van der Waals surface area contributed by atoms with Crippen LogP contribution in [0.4, 0.5) is 10.5 Å². The lowest BCUT2D eigenvalue weighted by molar-refractivity contribution is 0.196. The predicted molar refractivity (Wildman–Crippen MR) is 66.8 cm³/mol. The molecule has 1 aliphatic heterocycles. The molecule has 0 bridgehead atoms. The molecule has 0 spiro atoms. The number of anilines is 1. The first-order valence-electron chi connectivity index (χ1n) is 5.89. The van der Waals surface area contributed by atoms with Crippen LogP contribution in [-0.4, -0.2) is 47.5 Å². The van der Waals surface area contributed by atoms with E-state index in [1.54, 1.807) is 11.1 Å². The monoisotopic (exact) mass is 234 g/mol. The number of aromatic nitrogens is 1. The molecule has 0 unspecified atom stereocenters. The van der Waals surface area contributed by atoms with Gasteiger partial charge >= 0.3 is 6.03 Å². The molecule has 2 amide bonds. The Morgan fingerprint density at radius 3 is 2.94 bits per heavy atom. The lowest BCUT2D eigenvalue weighted by Crippen LogP contribution is -2.29. The van der Waals surface area contributed by atoms with E-state index >= 15 is 0 Å².